The third-order valence-corrected chi connectivity index (χ3v) is 21.6. The molecular formula is C86H169NO10. The lowest BCUT2D eigenvalue weighted by molar-refractivity contribution is -0.303. The van der Waals surface area contributed by atoms with Crippen molar-refractivity contribution >= 4 is 5.91 Å². The first-order valence-electron chi connectivity index (χ1n) is 43.6. The molecule has 0 aliphatic carbocycles. The molecule has 1 heterocycles. The predicted molar refractivity (Wildman–Crippen MR) is 413 cm³/mol. The Hall–Kier alpha value is -1.15. The summed E-state index contributed by atoms with van der Waals surface area (Å²) in [4.78, 5) is 13.3. The van der Waals surface area contributed by atoms with Crippen molar-refractivity contribution in [3.05, 3.63) is 12.2 Å². The summed E-state index contributed by atoms with van der Waals surface area (Å²) >= 11 is 0. The van der Waals surface area contributed by atoms with E-state index < -0.39 is 74.2 Å². The first-order chi connectivity index (χ1) is 47.7. The second-order valence-corrected chi connectivity index (χ2v) is 31.0. The number of ether oxygens (including phenoxy) is 2. The van der Waals surface area contributed by atoms with E-state index in [4.69, 9.17) is 9.47 Å². The highest BCUT2D eigenvalue weighted by Crippen LogP contribution is 2.25. The predicted octanol–water partition coefficient (Wildman–Crippen LogP) is 23.3. The minimum Gasteiger partial charge on any atom is -0.394 e. The fraction of sp³-hybridized carbons (Fsp3) is 0.965. The number of aliphatic hydroxyl groups is 7. The number of carbonyl (C=O) groups is 1. The molecule has 9 atom stereocenters. The van der Waals surface area contributed by atoms with Crippen molar-refractivity contribution in [2.24, 2.45) is 0 Å². The summed E-state index contributed by atoms with van der Waals surface area (Å²) in [6.45, 7) is 3.55. The van der Waals surface area contributed by atoms with Crippen LogP contribution in [0.1, 0.15) is 463 Å². The number of hydrogen-bond donors (Lipinski definition) is 8. The van der Waals surface area contributed by atoms with Crippen molar-refractivity contribution in [3.8, 4) is 0 Å². The van der Waals surface area contributed by atoms with Crippen molar-refractivity contribution in [3.63, 3.8) is 0 Å². The van der Waals surface area contributed by atoms with Gasteiger partial charge in [-0.1, -0.05) is 437 Å². The van der Waals surface area contributed by atoms with Gasteiger partial charge in [0.05, 0.1) is 25.4 Å². The Labute approximate surface area is 602 Å². The van der Waals surface area contributed by atoms with E-state index in [2.05, 4.69) is 31.3 Å². The maximum atomic E-state index is 13.3. The maximum Gasteiger partial charge on any atom is 0.249 e. The third-order valence-electron chi connectivity index (χ3n) is 21.6. The Morgan fingerprint density at radius 3 is 0.866 bits per heavy atom. The van der Waals surface area contributed by atoms with Gasteiger partial charge in [-0.15, -0.1) is 0 Å². The maximum absolute atomic E-state index is 13.3. The van der Waals surface area contributed by atoms with Gasteiger partial charge in [-0.2, -0.15) is 0 Å². The normalized spacial score (nSPS) is 18.0. The first-order valence-corrected chi connectivity index (χ1v) is 43.6. The lowest BCUT2D eigenvalue weighted by Crippen LogP contribution is -2.60. The quantitative estimate of drug-likeness (QED) is 0.0215. The van der Waals surface area contributed by atoms with Gasteiger partial charge in [0.2, 0.25) is 5.91 Å². The standard InChI is InChI=1S/C86H169NO10/c1-3-5-7-9-11-13-15-17-19-21-23-25-27-29-31-33-35-37-38-39-40-41-42-44-46-48-50-52-54-56-58-60-62-64-66-68-70-72-74-79(90)85(95)87-77(76-96-86-84(94)83(93)82(92)80(75-88)97-86)81(91)78(89)73-71-69-67-65-63-61-59-57-55-53-51-49-47-45-43-36-34-32-30-28-26-24-22-20-18-16-14-12-10-8-6-4-2/h39-40,77-84,86,88-94H,3-38,41-76H2,1-2H3,(H,87,95)/b40-39-. The van der Waals surface area contributed by atoms with Gasteiger partial charge >= 0.3 is 0 Å². The summed E-state index contributed by atoms with van der Waals surface area (Å²) in [7, 11) is 0. The minimum absolute atomic E-state index is 0.265. The molecule has 1 fully saturated rings. The summed E-state index contributed by atoms with van der Waals surface area (Å²) < 4.78 is 11.2. The molecule has 0 spiro atoms. The summed E-state index contributed by atoms with van der Waals surface area (Å²) in [5.74, 6) is -0.686. The zero-order chi connectivity index (χ0) is 70.2. The van der Waals surface area contributed by atoms with E-state index in [0.29, 0.717) is 19.3 Å². The van der Waals surface area contributed by atoms with Crippen LogP contribution in [0.3, 0.4) is 0 Å². The Morgan fingerprint density at radius 2 is 0.598 bits per heavy atom. The van der Waals surface area contributed by atoms with Crippen LogP contribution in [0.4, 0.5) is 0 Å². The number of rotatable bonds is 79. The number of unbranched alkanes of at least 4 members (excludes halogenated alkanes) is 65. The van der Waals surface area contributed by atoms with Crippen LogP contribution >= 0.6 is 0 Å². The summed E-state index contributed by atoms with van der Waals surface area (Å²) in [6.07, 6.45) is 85.0. The molecule has 1 amide bonds. The monoisotopic (exact) mass is 1380 g/mol. The van der Waals surface area contributed by atoms with Crippen LogP contribution < -0.4 is 5.32 Å². The fourth-order valence-corrected chi connectivity index (χ4v) is 14.7. The summed E-state index contributed by atoms with van der Waals surface area (Å²) in [5, 5.41) is 76.9. The minimum atomic E-state index is -1.66. The van der Waals surface area contributed by atoms with E-state index in [9.17, 15) is 40.5 Å². The van der Waals surface area contributed by atoms with E-state index in [1.165, 1.54) is 385 Å². The van der Waals surface area contributed by atoms with Gasteiger partial charge < -0.3 is 50.5 Å². The second kappa shape index (κ2) is 74.6. The third kappa shape index (κ3) is 60.9. The number of allylic oxidation sites excluding steroid dienone is 2. The topological polar surface area (TPSA) is 189 Å². The van der Waals surface area contributed by atoms with Gasteiger partial charge in [-0.3, -0.25) is 4.79 Å². The summed E-state index contributed by atoms with van der Waals surface area (Å²) in [5.41, 5.74) is 0. The van der Waals surface area contributed by atoms with Crippen LogP contribution in [0.15, 0.2) is 12.2 Å². The SMILES string of the molecule is CCCCCCCCCCCCCCCCCCCC/C=C\CCCCCCCCCCCCCCCCCCC(O)C(=O)NC(COC1OC(CO)C(O)C(O)C1O)C(O)C(O)CCCCCCCCCCCCCCCCCCCCCCCCCCCCCCCCCC. The molecule has 1 saturated heterocycles. The van der Waals surface area contributed by atoms with E-state index in [1.807, 2.05) is 0 Å². The molecule has 11 nitrogen and oxygen atoms in total. The van der Waals surface area contributed by atoms with Crippen molar-refractivity contribution in [1.29, 1.82) is 0 Å². The highest BCUT2D eigenvalue weighted by Gasteiger charge is 2.44. The highest BCUT2D eigenvalue weighted by atomic mass is 16.7. The van der Waals surface area contributed by atoms with E-state index >= 15 is 0 Å². The average molecular weight is 1380 g/mol. The molecule has 1 aliphatic heterocycles. The van der Waals surface area contributed by atoms with Crippen LogP contribution in [-0.2, 0) is 14.3 Å². The van der Waals surface area contributed by atoms with Crippen LogP contribution in [-0.4, -0.2) is 110 Å². The van der Waals surface area contributed by atoms with E-state index in [1.54, 1.807) is 0 Å². The van der Waals surface area contributed by atoms with Crippen molar-refractivity contribution in [2.45, 2.75) is 518 Å². The van der Waals surface area contributed by atoms with Crippen LogP contribution in [0, 0.1) is 0 Å². The molecule has 0 saturated carbocycles. The first kappa shape index (κ1) is 93.9. The molecule has 1 aliphatic rings. The van der Waals surface area contributed by atoms with Gasteiger partial charge in [0.1, 0.15) is 36.6 Å². The van der Waals surface area contributed by atoms with Gasteiger partial charge in [0.15, 0.2) is 6.29 Å². The average Bonchev–Trinajstić information content (AvgIpc) is 0.827. The molecule has 0 bridgehead atoms. The van der Waals surface area contributed by atoms with Gasteiger partial charge in [0.25, 0.3) is 0 Å². The molecule has 0 aromatic carbocycles. The van der Waals surface area contributed by atoms with Crippen LogP contribution in [0.5, 0.6) is 0 Å². The zero-order valence-corrected chi connectivity index (χ0v) is 64.6. The molecule has 578 valence electrons. The van der Waals surface area contributed by atoms with Gasteiger partial charge in [-0.05, 0) is 38.5 Å². The number of hydrogen-bond acceptors (Lipinski definition) is 10. The molecule has 0 radical (unpaired) electrons. The smallest absolute Gasteiger partial charge is 0.249 e. The molecule has 11 heteroatoms. The number of carbonyl (C=O) groups excluding carboxylic acids is 1. The largest absolute Gasteiger partial charge is 0.394 e. The molecular weight excluding hydrogens is 1210 g/mol. The molecule has 1 rings (SSSR count). The molecule has 0 aromatic rings. The summed E-state index contributed by atoms with van der Waals surface area (Å²) in [6, 6.07) is -1.17. The lowest BCUT2D eigenvalue weighted by Gasteiger charge is -2.40. The van der Waals surface area contributed by atoms with Crippen LogP contribution in [0.25, 0.3) is 0 Å². The Morgan fingerprint density at radius 1 is 0.351 bits per heavy atom. The van der Waals surface area contributed by atoms with Crippen LogP contribution in [0.2, 0.25) is 0 Å². The molecule has 97 heavy (non-hydrogen) atoms. The van der Waals surface area contributed by atoms with Gasteiger partial charge in [0, 0.05) is 0 Å². The van der Waals surface area contributed by atoms with Crippen molar-refractivity contribution < 1.29 is 50.0 Å². The Kier molecular flexibility index (Phi) is 72.1. The van der Waals surface area contributed by atoms with Gasteiger partial charge in [-0.25, -0.2) is 0 Å². The number of amides is 1. The zero-order valence-electron chi connectivity index (χ0n) is 64.6. The number of aliphatic hydroxyl groups excluding tert-OH is 7. The second-order valence-electron chi connectivity index (χ2n) is 31.0. The Bertz CT molecular complexity index is 1590. The molecule has 8 N–H and O–H groups in total. The Balaban J connectivity index is 2.08. The number of nitrogens with one attached hydrogen (secondary N) is 1. The molecule has 9 unspecified atom stereocenters. The lowest BCUT2D eigenvalue weighted by atomic mass is 9.98. The van der Waals surface area contributed by atoms with Crippen molar-refractivity contribution in [2.75, 3.05) is 13.2 Å². The molecule has 0 aromatic heterocycles. The highest BCUT2D eigenvalue weighted by molar-refractivity contribution is 5.80. The fourth-order valence-electron chi connectivity index (χ4n) is 14.7. The van der Waals surface area contributed by atoms with E-state index in [-0.39, 0.29) is 6.42 Å². The van der Waals surface area contributed by atoms with E-state index in [0.717, 1.165) is 38.5 Å². The van der Waals surface area contributed by atoms with Crippen molar-refractivity contribution in [1.82, 2.24) is 5.32 Å².